The van der Waals surface area contributed by atoms with Crippen LogP contribution in [-0.4, -0.2) is 47.8 Å². The summed E-state index contributed by atoms with van der Waals surface area (Å²) in [6, 6.07) is 0. The largest absolute Gasteiger partial charge is 0.342 e. The van der Waals surface area contributed by atoms with Crippen molar-refractivity contribution < 1.29 is 9.59 Å². The van der Waals surface area contributed by atoms with Crippen molar-refractivity contribution in [1.29, 1.82) is 0 Å². The van der Waals surface area contributed by atoms with Crippen LogP contribution in [0.4, 0.5) is 0 Å². The standard InChI is InChI=1S/C13H22N2O2/c1-11(16)15-9-5-6-12(10-15)13(17)14-7-3-2-4-8-14/h12H,2-10H2,1H3. The lowest BCUT2D eigenvalue weighted by molar-refractivity contribution is -0.140. The first kappa shape index (κ1) is 12.4. The van der Waals surface area contributed by atoms with E-state index in [1.165, 1.54) is 6.42 Å². The molecule has 17 heavy (non-hydrogen) atoms. The second-order valence-electron chi connectivity index (χ2n) is 5.19. The third-order valence-corrected chi connectivity index (χ3v) is 3.88. The van der Waals surface area contributed by atoms with Crippen LogP contribution in [0.3, 0.4) is 0 Å². The maximum absolute atomic E-state index is 12.3. The van der Waals surface area contributed by atoms with E-state index >= 15 is 0 Å². The molecule has 0 spiro atoms. The van der Waals surface area contributed by atoms with Crippen LogP contribution in [0.5, 0.6) is 0 Å². The lowest BCUT2D eigenvalue weighted by Crippen LogP contribution is -2.47. The van der Waals surface area contributed by atoms with E-state index in [-0.39, 0.29) is 17.7 Å². The highest BCUT2D eigenvalue weighted by molar-refractivity contribution is 5.80. The van der Waals surface area contributed by atoms with E-state index in [0.29, 0.717) is 6.54 Å². The van der Waals surface area contributed by atoms with E-state index in [2.05, 4.69) is 0 Å². The Bertz CT molecular complexity index is 298. The van der Waals surface area contributed by atoms with Crippen molar-refractivity contribution in [3.05, 3.63) is 0 Å². The van der Waals surface area contributed by atoms with E-state index in [0.717, 1.165) is 45.3 Å². The van der Waals surface area contributed by atoms with Crippen molar-refractivity contribution in [3.63, 3.8) is 0 Å². The minimum atomic E-state index is 0.0470. The number of carbonyl (C=O) groups is 2. The van der Waals surface area contributed by atoms with Crippen molar-refractivity contribution in [2.45, 2.75) is 39.0 Å². The number of rotatable bonds is 1. The Morgan fingerprint density at radius 1 is 0.941 bits per heavy atom. The maximum atomic E-state index is 12.3. The zero-order valence-corrected chi connectivity index (χ0v) is 10.7. The quantitative estimate of drug-likeness (QED) is 0.690. The molecule has 96 valence electrons. The van der Waals surface area contributed by atoms with Gasteiger partial charge in [-0.1, -0.05) is 0 Å². The van der Waals surface area contributed by atoms with Gasteiger partial charge in [0.25, 0.3) is 0 Å². The predicted molar refractivity (Wildman–Crippen MR) is 65.4 cm³/mol. The predicted octanol–water partition coefficient (Wildman–Crippen LogP) is 1.26. The van der Waals surface area contributed by atoms with Gasteiger partial charge in [0.2, 0.25) is 11.8 Å². The Labute approximate surface area is 103 Å². The molecule has 1 unspecified atom stereocenters. The van der Waals surface area contributed by atoms with E-state index in [1.807, 2.05) is 9.80 Å². The molecule has 2 fully saturated rings. The van der Waals surface area contributed by atoms with Crippen LogP contribution in [0, 0.1) is 5.92 Å². The monoisotopic (exact) mass is 238 g/mol. The minimum Gasteiger partial charge on any atom is -0.342 e. The van der Waals surface area contributed by atoms with Crippen molar-refractivity contribution in [2.24, 2.45) is 5.92 Å². The van der Waals surface area contributed by atoms with Crippen LogP contribution in [0.2, 0.25) is 0 Å². The zero-order chi connectivity index (χ0) is 12.3. The maximum Gasteiger partial charge on any atom is 0.227 e. The number of nitrogens with zero attached hydrogens (tertiary/aromatic N) is 2. The molecular weight excluding hydrogens is 216 g/mol. The molecule has 2 aliphatic heterocycles. The summed E-state index contributed by atoms with van der Waals surface area (Å²) in [5.74, 6) is 0.419. The Morgan fingerprint density at radius 3 is 2.24 bits per heavy atom. The van der Waals surface area contributed by atoms with Gasteiger partial charge in [-0.05, 0) is 32.1 Å². The van der Waals surface area contributed by atoms with Crippen molar-refractivity contribution >= 4 is 11.8 Å². The van der Waals surface area contributed by atoms with Crippen LogP contribution in [0.15, 0.2) is 0 Å². The molecule has 4 heteroatoms. The van der Waals surface area contributed by atoms with Gasteiger partial charge in [0.1, 0.15) is 0 Å². The molecule has 0 radical (unpaired) electrons. The molecule has 0 bridgehead atoms. The number of piperidine rings is 2. The minimum absolute atomic E-state index is 0.0470. The van der Waals surface area contributed by atoms with Crippen molar-refractivity contribution in [2.75, 3.05) is 26.2 Å². The Balaban J connectivity index is 1.91. The summed E-state index contributed by atoms with van der Waals surface area (Å²) in [5.41, 5.74) is 0. The number of hydrogen-bond donors (Lipinski definition) is 0. The third-order valence-electron chi connectivity index (χ3n) is 3.88. The first-order valence-electron chi connectivity index (χ1n) is 6.73. The number of carbonyl (C=O) groups excluding carboxylic acids is 2. The number of hydrogen-bond acceptors (Lipinski definition) is 2. The molecule has 2 rings (SSSR count). The average Bonchev–Trinajstić information content (AvgIpc) is 2.39. The van der Waals surface area contributed by atoms with Crippen LogP contribution in [-0.2, 0) is 9.59 Å². The molecule has 0 aromatic rings. The summed E-state index contributed by atoms with van der Waals surface area (Å²) in [6.45, 7) is 4.86. The van der Waals surface area contributed by atoms with E-state index < -0.39 is 0 Å². The normalized spacial score (nSPS) is 25.8. The summed E-state index contributed by atoms with van der Waals surface area (Å²) in [4.78, 5) is 27.5. The average molecular weight is 238 g/mol. The highest BCUT2D eigenvalue weighted by atomic mass is 16.2. The molecule has 2 heterocycles. The smallest absolute Gasteiger partial charge is 0.227 e. The van der Waals surface area contributed by atoms with Gasteiger partial charge in [0.15, 0.2) is 0 Å². The molecule has 0 aromatic heterocycles. The van der Waals surface area contributed by atoms with Gasteiger partial charge >= 0.3 is 0 Å². The van der Waals surface area contributed by atoms with Crippen LogP contribution in [0.25, 0.3) is 0 Å². The highest BCUT2D eigenvalue weighted by Gasteiger charge is 2.30. The summed E-state index contributed by atoms with van der Waals surface area (Å²) < 4.78 is 0. The van der Waals surface area contributed by atoms with Gasteiger partial charge in [0.05, 0.1) is 5.92 Å². The van der Waals surface area contributed by atoms with E-state index in [4.69, 9.17) is 0 Å². The zero-order valence-electron chi connectivity index (χ0n) is 10.7. The summed E-state index contributed by atoms with van der Waals surface area (Å²) in [6.07, 6.45) is 5.42. The molecule has 1 atom stereocenters. The highest BCUT2D eigenvalue weighted by Crippen LogP contribution is 2.21. The molecule has 0 aliphatic carbocycles. The summed E-state index contributed by atoms with van der Waals surface area (Å²) >= 11 is 0. The molecule has 0 saturated carbocycles. The van der Waals surface area contributed by atoms with Crippen LogP contribution >= 0.6 is 0 Å². The first-order chi connectivity index (χ1) is 8.18. The lowest BCUT2D eigenvalue weighted by Gasteiger charge is -2.35. The molecule has 0 N–H and O–H groups in total. The van der Waals surface area contributed by atoms with Gasteiger partial charge in [0, 0.05) is 33.1 Å². The molecule has 4 nitrogen and oxygen atoms in total. The van der Waals surface area contributed by atoms with Gasteiger partial charge in [-0.25, -0.2) is 0 Å². The Kier molecular flexibility index (Phi) is 4.02. The molecule has 2 amide bonds. The van der Waals surface area contributed by atoms with Crippen LogP contribution < -0.4 is 0 Å². The van der Waals surface area contributed by atoms with Gasteiger partial charge in [-0.2, -0.15) is 0 Å². The summed E-state index contributed by atoms with van der Waals surface area (Å²) in [7, 11) is 0. The molecule has 2 aliphatic rings. The fraction of sp³-hybridized carbons (Fsp3) is 0.846. The molecule has 2 saturated heterocycles. The van der Waals surface area contributed by atoms with Crippen molar-refractivity contribution in [3.8, 4) is 0 Å². The SMILES string of the molecule is CC(=O)N1CCCC(C(=O)N2CCCCC2)C1. The third kappa shape index (κ3) is 2.99. The second kappa shape index (κ2) is 5.52. The van der Waals surface area contributed by atoms with E-state index in [1.54, 1.807) is 6.92 Å². The Morgan fingerprint density at radius 2 is 1.59 bits per heavy atom. The van der Waals surface area contributed by atoms with Crippen molar-refractivity contribution in [1.82, 2.24) is 9.80 Å². The van der Waals surface area contributed by atoms with Gasteiger partial charge < -0.3 is 9.80 Å². The first-order valence-corrected chi connectivity index (χ1v) is 6.73. The van der Waals surface area contributed by atoms with Gasteiger partial charge in [-0.15, -0.1) is 0 Å². The fourth-order valence-electron chi connectivity index (χ4n) is 2.84. The molecule has 0 aromatic carbocycles. The lowest BCUT2D eigenvalue weighted by atomic mass is 9.95. The Hall–Kier alpha value is -1.06. The van der Waals surface area contributed by atoms with E-state index in [9.17, 15) is 9.59 Å². The number of likely N-dealkylation sites (tertiary alicyclic amines) is 2. The van der Waals surface area contributed by atoms with Crippen LogP contribution in [0.1, 0.15) is 39.0 Å². The van der Waals surface area contributed by atoms with Gasteiger partial charge in [-0.3, -0.25) is 9.59 Å². The molecular formula is C13H22N2O2. The summed E-state index contributed by atoms with van der Waals surface area (Å²) in [5, 5.41) is 0. The fourth-order valence-corrected chi connectivity index (χ4v) is 2.84. The number of amides is 2. The second-order valence-corrected chi connectivity index (χ2v) is 5.19. The topological polar surface area (TPSA) is 40.6 Å².